The summed E-state index contributed by atoms with van der Waals surface area (Å²) in [6, 6.07) is 7.46. The third-order valence-corrected chi connectivity index (χ3v) is 1.47. The fourth-order valence-corrected chi connectivity index (χ4v) is 0.908. The van der Waals surface area contributed by atoms with Gasteiger partial charge in [0.15, 0.2) is 0 Å². The summed E-state index contributed by atoms with van der Waals surface area (Å²) in [5.74, 6) is 15.2. The Morgan fingerprint density at radius 3 is 1.57 bits per heavy atom. The molecule has 0 aromatic heterocycles. The summed E-state index contributed by atoms with van der Waals surface area (Å²) in [6.45, 7) is 0. The minimum Gasteiger partial charge on any atom is -0.106 e. The van der Waals surface area contributed by atoms with Crippen LogP contribution >= 0.6 is 0 Å². The Balaban J connectivity index is 3.19. The second-order valence-electron chi connectivity index (χ2n) is 2.33. The van der Waals surface area contributed by atoms with Crippen LogP contribution in [0, 0.1) is 48.4 Å². The number of rotatable bonds is 0. The summed E-state index contributed by atoms with van der Waals surface area (Å²) in [5.41, 5.74) is 1.60. The van der Waals surface area contributed by atoms with Crippen LogP contribution in [0.3, 0.4) is 0 Å². The van der Waals surface area contributed by atoms with Crippen LogP contribution in [-0.2, 0) is 0 Å². The fraction of sp³-hybridized carbons (Fsp3) is 0. The van der Waals surface area contributed by atoms with E-state index >= 15 is 0 Å². The molecule has 0 heteroatoms. The highest BCUT2D eigenvalue weighted by Crippen LogP contribution is 2.04. The van der Waals surface area contributed by atoms with E-state index in [1.165, 1.54) is 0 Å². The zero-order chi connectivity index (χ0) is 10.2. The Bertz CT molecular complexity index is 475. The molecular weight excluding hydrogens is 168 g/mol. The van der Waals surface area contributed by atoms with Crippen LogP contribution in [-0.4, -0.2) is 0 Å². The van der Waals surface area contributed by atoms with Crippen molar-refractivity contribution in [2.24, 2.45) is 0 Å². The van der Waals surface area contributed by atoms with E-state index in [1.807, 2.05) is 24.3 Å². The van der Waals surface area contributed by atoms with Crippen LogP contribution in [0.4, 0.5) is 0 Å². The van der Waals surface area contributed by atoms with Crippen molar-refractivity contribution in [2.75, 3.05) is 0 Å². The van der Waals surface area contributed by atoms with Crippen LogP contribution < -0.4 is 0 Å². The minimum absolute atomic E-state index is 0.799. The molecule has 14 heavy (non-hydrogen) atoms. The molecule has 0 heterocycles. The normalized spacial score (nSPS) is 6.71. The molecular formula is C14H6. The molecule has 0 amide bonds. The Morgan fingerprint density at radius 2 is 1.21 bits per heavy atom. The summed E-state index contributed by atoms with van der Waals surface area (Å²) in [5, 5.41) is 0. The van der Waals surface area contributed by atoms with Crippen molar-refractivity contribution in [3.63, 3.8) is 0 Å². The van der Waals surface area contributed by atoms with E-state index < -0.39 is 0 Å². The maximum Gasteiger partial charge on any atom is 0.0412 e. The Labute approximate surface area is 84.3 Å². The lowest BCUT2D eigenvalue weighted by molar-refractivity contribution is 1.59. The molecule has 0 unspecified atom stereocenters. The molecule has 0 fully saturated rings. The highest BCUT2D eigenvalue weighted by molar-refractivity contribution is 5.52. The van der Waals surface area contributed by atoms with Gasteiger partial charge in [-0.2, -0.15) is 0 Å². The van der Waals surface area contributed by atoms with Crippen molar-refractivity contribution < 1.29 is 0 Å². The molecule has 0 atom stereocenters. The van der Waals surface area contributed by atoms with Crippen molar-refractivity contribution in [3.8, 4) is 48.4 Å². The number of hydrogen-bond donors (Lipinski definition) is 0. The minimum atomic E-state index is 0.799. The first kappa shape index (κ1) is 9.55. The smallest absolute Gasteiger partial charge is 0.0412 e. The average molecular weight is 174 g/mol. The average Bonchev–Trinajstić information content (AvgIpc) is 2.24. The van der Waals surface area contributed by atoms with Gasteiger partial charge in [0.25, 0.3) is 0 Å². The quantitative estimate of drug-likeness (QED) is 0.525. The molecule has 0 aliphatic rings. The van der Waals surface area contributed by atoms with Crippen LogP contribution in [0.2, 0.25) is 0 Å². The van der Waals surface area contributed by atoms with Crippen molar-refractivity contribution in [3.05, 3.63) is 35.4 Å². The van der Waals surface area contributed by atoms with Gasteiger partial charge >= 0.3 is 0 Å². The van der Waals surface area contributed by atoms with Gasteiger partial charge in [-0.3, -0.25) is 0 Å². The molecule has 1 aromatic carbocycles. The number of hydrogen-bond acceptors (Lipinski definition) is 0. The maximum atomic E-state index is 5.03. The molecule has 1 aromatic rings. The van der Waals surface area contributed by atoms with E-state index in [2.05, 4.69) is 35.5 Å². The first-order valence-electron chi connectivity index (χ1n) is 3.90. The fourth-order valence-electron chi connectivity index (χ4n) is 0.908. The van der Waals surface area contributed by atoms with Gasteiger partial charge < -0.3 is 0 Å². The first-order valence-corrected chi connectivity index (χ1v) is 3.90. The van der Waals surface area contributed by atoms with Crippen LogP contribution in [0.1, 0.15) is 11.1 Å². The van der Waals surface area contributed by atoms with Crippen LogP contribution in [0.5, 0.6) is 0 Å². The second kappa shape index (κ2) is 5.17. The van der Waals surface area contributed by atoms with E-state index in [1.54, 1.807) is 0 Å². The molecule has 0 bridgehead atoms. The lowest BCUT2D eigenvalue weighted by atomic mass is 10.1. The monoisotopic (exact) mass is 174 g/mol. The summed E-state index contributed by atoms with van der Waals surface area (Å²) in [7, 11) is 0. The molecule has 0 saturated heterocycles. The summed E-state index contributed by atoms with van der Waals surface area (Å²) in [4.78, 5) is 0. The highest BCUT2D eigenvalue weighted by Gasteiger charge is 1.92. The molecule has 0 aliphatic carbocycles. The third kappa shape index (κ3) is 2.50. The standard InChI is InChI=1S/C14H6/c1-3-5-9-13-11-7-8-12-14(13)10-6-4-2/h1-2,7-8,11-12H. The van der Waals surface area contributed by atoms with Gasteiger partial charge in [-0.1, -0.05) is 24.0 Å². The highest BCUT2D eigenvalue weighted by atomic mass is 13.9. The van der Waals surface area contributed by atoms with Crippen LogP contribution in [0.25, 0.3) is 0 Å². The molecule has 0 nitrogen and oxygen atoms in total. The molecule has 62 valence electrons. The predicted molar refractivity (Wildman–Crippen MR) is 57.9 cm³/mol. The number of terminal acetylenes is 2. The lowest BCUT2D eigenvalue weighted by Gasteiger charge is -1.92. The van der Waals surface area contributed by atoms with E-state index in [-0.39, 0.29) is 0 Å². The van der Waals surface area contributed by atoms with Gasteiger partial charge in [-0.05, 0) is 35.8 Å². The van der Waals surface area contributed by atoms with E-state index in [4.69, 9.17) is 12.8 Å². The Kier molecular flexibility index (Phi) is 3.52. The maximum absolute atomic E-state index is 5.03. The van der Waals surface area contributed by atoms with Crippen molar-refractivity contribution in [1.29, 1.82) is 0 Å². The molecule has 0 N–H and O–H groups in total. The van der Waals surface area contributed by atoms with Gasteiger partial charge in [0, 0.05) is 11.1 Å². The zero-order valence-electron chi connectivity index (χ0n) is 7.46. The topological polar surface area (TPSA) is 0 Å². The Hall–Kier alpha value is -2.54. The zero-order valence-corrected chi connectivity index (χ0v) is 7.46. The van der Waals surface area contributed by atoms with Crippen LogP contribution in [0.15, 0.2) is 24.3 Å². The van der Waals surface area contributed by atoms with Gasteiger partial charge in [0.2, 0.25) is 0 Å². The van der Waals surface area contributed by atoms with E-state index in [0.717, 1.165) is 11.1 Å². The lowest BCUT2D eigenvalue weighted by Crippen LogP contribution is -1.81. The molecule has 0 spiro atoms. The van der Waals surface area contributed by atoms with Crippen molar-refractivity contribution >= 4 is 0 Å². The molecule has 0 saturated carbocycles. The van der Waals surface area contributed by atoms with E-state index in [9.17, 15) is 0 Å². The van der Waals surface area contributed by atoms with Gasteiger partial charge in [0.05, 0.1) is 0 Å². The Morgan fingerprint density at radius 1 is 0.786 bits per heavy atom. The van der Waals surface area contributed by atoms with Crippen molar-refractivity contribution in [1.82, 2.24) is 0 Å². The summed E-state index contributed by atoms with van der Waals surface area (Å²) >= 11 is 0. The van der Waals surface area contributed by atoms with Gasteiger partial charge in [-0.15, -0.1) is 12.8 Å². The third-order valence-electron chi connectivity index (χ3n) is 1.47. The summed E-state index contributed by atoms with van der Waals surface area (Å²) < 4.78 is 0. The second-order valence-corrected chi connectivity index (χ2v) is 2.33. The van der Waals surface area contributed by atoms with Gasteiger partial charge in [-0.25, -0.2) is 0 Å². The summed E-state index contributed by atoms with van der Waals surface area (Å²) in [6.07, 6.45) is 10.1. The largest absolute Gasteiger partial charge is 0.106 e. The molecule has 1 rings (SSSR count). The van der Waals surface area contributed by atoms with Gasteiger partial charge in [0.1, 0.15) is 0 Å². The van der Waals surface area contributed by atoms with Crippen molar-refractivity contribution in [2.45, 2.75) is 0 Å². The SMILES string of the molecule is C#CC#Cc1ccccc1C#CC#C. The predicted octanol–water partition coefficient (Wildman–Crippen LogP) is 1.66. The number of benzene rings is 1. The molecule has 0 aliphatic heterocycles. The van der Waals surface area contributed by atoms with E-state index in [0.29, 0.717) is 0 Å². The first-order chi connectivity index (χ1) is 6.88. The molecule has 0 radical (unpaired) electrons.